The van der Waals surface area contributed by atoms with Crippen molar-refractivity contribution in [3.8, 4) is 0 Å². The number of aromatic nitrogens is 3. The van der Waals surface area contributed by atoms with Crippen molar-refractivity contribution in [3.63, 3.8) is 0 Å². The van der Waals surface area contributed by atoms with Gasteiger partial charge in [-0.1, -0.05) is 6.07 Å². The number of nitrogens with zero attached hydrogens (tertiary/aromatic N) is 5. The fraction of sp³-hybridized carbons (Fsp3) is 0.357. The zero-order chi connectivity index (χ0) is 16.7. The van der Waals surface area contributed by atoms with Crippen molar-refractivity contribution < 1.29 is 0 Å². The van der Waals surface area contributed by atoms with E-state index < -0.39 is 0 Å². The van der Waals surface area contributed by atoms with E-state index in [1.807, 2.05) is 19.1 Å². The molecule has 0 amide bonds. The molecule has 0 saturated heterocycles. The molecular weight excluding hydrogens is 337 g/mol. The normalized spacial score (nSPS) is 11.1. The van der Waals surface area contributed by atoms with Crippen LogP contribution in [0.25, 0.3) is 0 Å². The number of aryl methyl sites for hydroxylation is 1. The highest BCUT2D eigenvalue weighted by atomic mass is 35.5. The fourth-order valence-electron chi connectivity index (χ4n) is 2.06. The summed E-state index contributed by atoms with van der Waals surface area (Å²) in [4.78, 5) is 2.16. The summed E-state index contributed by atoms with van der Waals surface area (Å²) in [7, 11) is 0. The molecule has 0 radical (unpaired) electrons. The minimum atomic E-state index is 0.367. The van der Waals surface area contributed by atoms with Gasteiger partial charge in [0.15, 0.2) is 0 Å². The third-order valence-electron chi connectivity index (χ3n) is 3.27. The van der Waals surface area contributed by atoms with Crippen molar-refractivity contribution in [2.45, 2.75) is 6.92 Å². The molecule has 0 saturated carbocycles. The van der Waals surface area contributed by atoms with Gasteiger partial charge >= 0.3 is 0 Å². The summed E-state index contributed by atoms with van der Waals surface area (Å²) in [6, 6.07) is 6.11. The Labute approximate surface area is 145 Å². The summed E-state index contributed by atoms with van der Waals surface area (Å²) in [6.45, 7) is 3.54. The van der Waals surface area contributed by atoms with Crippen molar-refractivity contribution in [1.29, 1.82) is 0 Å². The highest BCUT2D eigenvalue weighted by Crippen LogP contribution is 2.18. The van der Waals surface area contributed by atoms with Crippen molar-refractivity contribution >= 4 is 41.1 Å². The number of halogens is 2. The van der Waals surface area contributed by atoms with E-state index in [0.29, 0.717) is 17.7 Å². The van der Waals surface area contributed by atoms with Gasteiger partial charge in [0, 0.05) is 30.5 Å². The quantitative estimate of drug-likeness (QED) is 0.327. The maximum Gasteiger partial charge on any atom is 0.263 e. The first-order valence-electron chi connectivity index (χ1n) is 7.07. The van der Waals surface area contributed by atoms with Crippen molar-refractivity contribution in [3.05, 3.63) is 35.7 Å². The van der Waals surface area contributed by atoms with Gasteiger partial charge in [-0.3, -0.25) is 0 Å². The minimum absolute atomic E-state index is 0.367. The Morgan fingerprint density at radius 1 is 1.35 bits per heavy atom. The van der Waals surface area contributed by atoms with E-state index >= 15 is 0 Å². The van der Waals surface area contributed by atoms with Crippen LogP contribution in [-0.4, -0.2) is 45.9 Å². The van der Waals surface area contributed by atoms with Crippen LogP contribution in [0.5, 0.6) is 0 Å². The molecule has 7 nitrogen and oxygen atoms in total. The third-order valence-corrected chi connectivity index (χ3v) is 3.61. The Morgan fingerprint density at radius 3 is 2.65 bits per heavy atom. The molecule has 1 aromatic heterocycles. The number of nitrogens with two attached hydrogens (primary N) is 1. The second-order valence-corrected chi connectivity index (χ2v) is 5.59. The van der Waals surface area contributed by atoms with E-state index in [2.05, 4.69) is 31.7 Å². The van der Waals surface area contributed by atoms with Crippen molar-refractivity contribution in [2.75, 3.05) is 41.0 Å². The Hall–Kier alpha value is -1.99. The van der Waals surface area contributed by atoms with Gasteiger partial charge in [0.2, 0.25) is 0 Å². The second kappa shape index (κ2) is 8.59. The fourth-order valence-corrected chi connectivity index (χ4v) is 2.47. The molecule has 1 aromatic carbocycles. The predicted molar refractivity (Wildman–Crippen MR) is 96.2 cm³/mol. The van der Waals surface area contributed by atoms with E-state index in [0.717, 1.165) is 29.9 Å². The third kappa shape index (κ3) is 4.74. The van der Waals surface area contributed by atoms with Crippen LogP contribution >= 0.6 is 23.2 Å². The number of benzene rings is 1. The average Bonchev–Trinajstić information content (AvgIpc) is 2.94. The average molecular weight is 356 g/mol. The Bertz CT molecular complexity index is 650. The highest BCUT2D eigenvalue weighted by Gasteiger charge is 2.07. The molecule has 2 rings (SSSR count). The molecule has 0 fully saturated rings. The number of hydrogen-bond donors (Lipinski definition) is 2. The molecular formula is C14H19Cl2N7. The van der Waals surface area contributed by atoms with Gasteiger partial charge in [-0.2, -0.15) is 5.10 Å². The lowest BCUT2D eigenvalue weighted by Crippen LogP contribution is -2.27. The summed E-state index contributed by atoms with van der Waals surface area (Å²) in [6.07, 6.45) is 3.10. The van der Waals surface area contributed by atoms with E-state index in [1.165, 1.54) is 11.0 Å². The van der Waals surface area contributed by atoms with E-state index in [9.17, 15) is 0 Å². The first-order valence-corrected chi connectivity index (χ1v) is 8.14. The van der Waals surface area contributed by atoms with Gasteiger partial charge < -0.3 is 10.7 Å². The van der Waals surface area contributed by atoms with Crippen LogP contribution < -0.4 is 16.2 Å². The van der Waals surface area contributed by atoms with Gasteiger partial charge in [0.05, 0.1) is 6.21 Å². The minimum Gasteiger partial charge on any atom is -0.369 e. The van der Waals surface area contributed by atoms with Crippen LogP contribution in [0.1, 0.15) is 11.1 Å². The Morgan fingerprint density at radius 2 is 2.09 bits per heavy atom. The maximum absolute atomic E-state index is 5.85. The molecule has 0 unspecified atom stereocenters. The zero-order valence-electron chi connectivity index (χ0n) is 12.8. The molecule has 3 N–H and O–H groups in total. The molecule has 0 aliphatic rings. The topological polar surface area (TPSA) is 84.4 Å². The molecule has 0 aliphatic heterocycles. The van der Waals surface area contributed by atoms with Crippen LogP contribution in [0, 0.1) is 6.92 Å². The number of anilines is 2. The summed E-state index contributed by atoms with van der Waals surface area (Å²) >= 11 is 11.7. The molecule has 2 aromatic rings. The maximum atomic E-state index is 5.85. The number of hydrazone groups is 1. The lowest BCUT2D eigenvalue weighted by molar-refractivity contribution is 0.873. The lowest BCUT2D eigenvalue weighted by atomic mass is 10.1. The van der Waals surface area contributed by atoms with Gasteiger partial charge in [0.25, 0.3) is 5.95 Å². The number of rotatable bonds is 8. The van der Waals surface area contributed by atoms with Gasteiger partial charge in [0.1, 0.15) is 6.33 Å². The smallest absolute Gasteiger partial charge is 0.263 e. The summed E-state index contributed by atoms with van der Waals surface area (Å²) in [5.41, 5.74) is 5.91. The first-order chi connectivity index (χ1) is 11.2. The van der Waals surface area contributed by atoms with Crippen LogP contribution in [0.3, 0.4) is 0 Å². The Kier molecular flexibility index (Phi) is 6.49. The molecule has 0 spiro atoms. The van der Waals surface area contributed by atoms with Crippen LogP contribution in [0.4, 0.5) is 11.6 Å². The number of nitrogens with one attached hydrogen (secondary N) is 1. The van der Waals surface area contributed by atoms with Crippen LogP contribution in [0.15, 0.2) is 29.6 Å². The molecule has 124 valence electrons. The van der Waals surface area contributed by atoms with Gasteiger partial charge in [-0.25, -0.2) is 10.1 Å². The van der Waals surface area contributed by atoms with Crippen LogP contribution in [-0.2, 0) is 0 Å². The number of alkyl halides is 2. The molecule has 23 heavy (non-hydrogen) atoms. The van der Waals surface area contributed by atoms with Crippen molar-refractivity contribution in [2.24, 2.45) is 5.10 Å². The van der Waals surface area contributed by atoms with E-state index in [1.54, 1.807) is 6.21 Å². The largest absolute Gasteiger partial charge is 0.369 e. The second-order valence-electron chi connectivity index (χ2n) is 4.84. The number of hydrogen-bond acceptors (Lipinski definition) is 6. The van der Waals surface area contributed by atoms with E-state index in [4.69, 9.17) is 29.0 Å². The van der Waals surface area contributed by atoms with E-state index in [-0.39, 0.29) is 0 Å². The summed E-state index contributed by atoms with van der Waals surface area (Å²) in [5.74, 6) is 7.07. The van der Waals surface area contributed by atoms with Gasteiger partial charge in [-0.05, 0) is 30.2 Å². The molecule has 1 heterocycles. The van der Waals surface area contributed by atoms with Crippen LogP contribution in [0.2, 0.25) is 0 Å². The Balaban J connectivity index is 2.07. The molecule has 0 bridgehead atoms. The highest BCUT2D eigenvalue weighted by molar-refractivity contribution is 6.18. The molecule has 0 atom stereocenters. The van der Waals surface area contributed by atoms with Gasteiger partial charge in [-0.15, -0.1) is 33.4 Å². The predicted octanol–water partition coefficient (Wildman–Crippen LogP) is 2.03. The lowest BCUT2D eigenvalue weighted by Gasteiger charge is -2.23. The summed E-state index contributed by atoms with van der Waals surface area (Å²) < 4.78 is 1.25. The monoisotopic (exact) mass is 355 g/mol. The molecule has 9 heteroatoms. The standard InChI is InChI=1S/C14H19Cl2N7/c1-11-8-13(22(6-4-15)7-5-16)3-2-12(11)9-18-20-14-21-19-10-23(14)17/h2-3,8-10H,4-7,17H2,1H3,(H,20,21)/b18-9+. The number of nitrogen functional groups attached to an aromatic ring is 1. The first kappa shape index (κ1) is 17.4. The summed E-state index contributed by atoms with van der Waals surface area (Å²) in [5, 5.41) is 11.6. The zero-order valence-corrected chi connectivity index (χ0v) is 14.3. The van der Waals surface area contributed by atoms with Crippen molar-refractivity contribution in [1.82, 2.24) is 14.9 Å². The SMILES string of the molecule is Cc1cc(N(CCCl)CCCl)ccc1/C=N/Nc1nncn1N. The molecule has 0 aliphatic carbocycles.